The quantitative estimate of drug-likeness (QED) is 0.597. The molecule has 0 nitrogen and oxygen atoms in total. The predicted molar refractivity (Wildman–Crippen MR) is 89.3 cm³/mol. The fourth-order valence-electron chi connectivity index (χ4n) is 2.09. The van der Waals surface area contributed by atoms with Gasteiger partial charge in [0.1, 0.15) is 0 Å². The van der Waals surface area contributed by atoms with Crippen molar-refractivity contribution < 1.29 is 0 Å². The van der Waals surface area contributed by atoms with Crippen LogP contribution in [0.25, 0.3) is 0 Å². The normalized spacial score (nSPS) is 15.5. The molecule has 0 saturated carbocycles. The third-order valence-electron chi connectivity index (χ3n) is 3.07. The molecule has 0 fully saturated rings. The van der Waals surface area contributed by atoms with Crippen molar-refractivity contribution in [1.29, 1.82) is 0 Å². The molecule has 1 rings (SSSR count). The summed E-state index contributed by atoms with van der Waals surface area (Å²) in [7, 11) is 0. The molecule has 0 saturated heterocycles. The Bertz CT molecular complexity index is 387. The number of alkyl halides is 2. The minimum absolute atomic E-state index is 0.225. The molecule has 0 radical (unpaired) electrons. The molecule has 1 aromatic rings. The van der Waals surface area contributed by atoms with E-state index in [0.717, 1.165) is 12.8 Å². The topological polar surface area (TPSA) is 0 Å². The van der Waals surface area contributed by atoms with Crippen molar-refractivity contribution in [3.8, 4) is 0 Å². The number of benzene rings is 1. The molecule has 0 N–H and O–H groups in total. The Labute approximate surface area is 129 Å². The minimum atomic E-state index is 0.225. The van der Waals surface area contributed by atoms with Crippen LogP contribution >= 0.6 is 31.9 Å². The molecule has 2 atom stereocenters. The molecule has 0 aliphatic heterocycles. The van der Waals surface area contributed by atoms with Gasteiger partial charge in [-0.05, 0) is 34.9 Å². The van der Waals surface area contributed by atoms with Crippen LogP contribution in [0.4, 0.5) is 0 Å². The Kier molecular flexibility index (Phi) is 5.92. The van der Waals surface area contributed by atoms with E-state index in [-0.39, 0.29) is 5.41 Å². The van der Waals surface area contributed by atoms with Crippen LogP contribution in [-0.2, 0) is 18.3 Å². The highest BCUT2D eigenvalue weighted by molar-refractivity contribution is 9.09. The van der Waals surface area contributed by atoms with Gasteiger partial charge < -0.3 is 0 Å². The SMILES string of the molecule is CC(Br)Cc1ccc(C(C)(C)C)cc1CC(C)Br. The molecule has 0 amide bonds. The van der Waals surface area contributed by atoms with E-state index in [9.17, 15) is 0 Å². The van der Waals surface area contributed by atoms with Crippen molar-refractivity contribution in [2.75, 3.05) is 0 Å². The van der Waals surface area contributed by atoms with Crippen LogP contribution in [0, 0.1) is 0 Å². The van der Waals surface area contributed by atoms with Crippen LogP contribution < -0.4 is 0 Å². The zero-order valence-corrected chi connectivity index (χ0v) is 15.2. The molecule has 0 aliphatic carbocycles. The highest BCUT2D eigenvalue weighted by Gasteiger charge is 2.16. The largest absolute Gasteiger partial charge is 0.0890 e. The third-order valence-corrected chi connectivity index (χ3v) is 3.72. The van der Waals surface area contributed by atoms with Gasteiger partial charge in [0, 0.05) is 9.65 Å². The molecule has 0 aromatic heterocycles. The lowest BCUT2D eigenvalue weighted by Crippen LogP contribution is -2.13. The Hall–Kier alpha value is 0.180. The Morgan fingerprint density at radius 1 is 0.944 bits per heavy atom. The molecular formula is C16H24Br2. The lowest BCUT2D eigenvalue weighted by Gasteiger charge is -2.22. The van der Waals surface area contributed by atoms with Crippen molar-refractivity contribution in [2.24, 2.45) is 0 Å². The van der Waals surface area contributed by atoms with Gasteiger partial charge in [0.05, 0.1) is 0 Å². The lowest BCUT2D eigenvalue weighted by atomic mass is 9.84. The van der Waals surface area contributed by atoms with Gasteiger partial charge in [0.25, 0.3) is 0 Å². The summed E-state index contributed by atoms with van der Waals surface area (Å²) in [5, 5.41) is 0. The van der Waals surface area contributed by atoms with Crippen LogP contribution in [0.5, 0.6) is 0 Å². The van der Waals surface area contributed by atoms with Crippen LogP contribution in [0.3, 0.4) is 0 Å². The van der Waals surface area contributed by atoms with Gasteiger partial charge in [-0.25, -0.2) is 0 Å². The fourth-order valence-corrected chi connectivity index (χ4v) is 2.79. The Morgan fingerprint density at radius 2 is 1.44 bits per heavy atom. The van der Waals surface area contributed by atoms with Crippen molar-refractivity contribution in [1.82, 2.24) is 0 Å². The molecule has 0 bridgehead atoms. The number of rotatable bonds is 4. The lowest BCUT2D eigenvalue weighted by molar-refractivity contribution is 0.588. The van der Waals surface area contributed by atoms with Gasteiger partial charge in [-0.1, -0.05) is 84.7 Å². The second-order valence-corrected chi connectivity index (χ2v) is 9.33. The van der Waals surface area contributed by atoms with Crippen LogP contribution in [0.2, 0.25) is 0 Å². The number of halogens is 2. The molecule has 2 heteroatoms. The smallest absolute Gasteiger partial charge is 0.0158 e. The van der Waals surface area contributed by atoms with E-state index in [4.69, 9.17) is 0 Å². The van der Waals surface area contributed by atoms with Crippen LogP contribution in [0.15, 0.2) is 18.2 Å². The first kappa shape index (κ1) is 16.2. The molecule has 18 heavy (non-hydrogen) atoms. The van der Waals surface area contributed by atoms with E-state index in [1.165, 1.54) is 16.7 Å². The van der Waals surface area contributed by atoms with Crippen molar-refractivity contribution in [2.45, 2.75) is 62.5 Å². The van der Waals surface area contributed by atoms with Gasteiger partial charge in [0.2, 0.25) is 0 Å². The minimum Gasteiger partial charge on any atom is -0.0890 e. The average Bonchev–Trinajstić information content (AvgIpc) is 2.17. The summed E-state index contributed by atoms with van der Waals surface area (Å²) >= 11 is 7.33. The maximum Gasteiger partial charge on any atom is 0.0158 e. The highest BCUT2D eigenvalue weighted by Crippen LogP contribution is 2.27. The summed E-state index contributed by atoms with van der Waals surface area (Å²) in [5.74, 6) is 0. The molecule has 102 valence electrons. The summed E-state index contributed by atoms with van der Waals surface area (Å²) in [6, 6.07) is 6.98. The van der Waals surface area contributed by atoms with Crippen molar-refractivity contribution in [3.05, 3.63) is 34.9 Å². The van der Waals surface area contributed by atoms with E-state index in [1.807, 2.05) is 0 Å². The summed E-state index contributed by atoms with van der Waals surface area (Å²) in [5.41, 5.74) is 4.61. The van der Waals surface area contributed by atoms with Crippen molar-refractivity contribution in [3.63, 3.8) is 0 Å². The first-order valence-corrected chi connectivity index (χ1v) is 8.43. The van der Waals surface area contributed by atoms with E-state index in [0.29, 0.717) is 9.65 Å². The zero-order chi connectivity index (χ0) is 13.9. The Balaban J connectivity index is 3.12. The summed E-state index contributed by atoms with van der Waals surface area (Å²) in [4.78, 5) is 1.06. The summed E-state index contributed by atoms with van der Waals surface area (Å²) in [6.07, 6.45) is 2.19. The Morgan fingerprint density at radius 3 is 1.89 bits per heavy atom. The maximum absolute atomic E-state index is 3.67. The summed E-state index contributed by atoms with van der Waals surface area (Å²) < 4.78 is 0. The van der Waals surface area contributed by atoms with Gasteiger partial charge in [-0.15, -0.1) is 0 Å². The van der Waals surface area contributed by atoms with Crippen LogP contribution in [0.1, 0.15) is 51.3 Å². The van der Waals surface area contributed by atoms with E-state index in [2.05, 4.69) is 84.7 Å². The molecular weight excluding hydrogens is 352 g/mol. The first-order chi connectivity index (χ1) is 8.20. The fraction of sp³-hybridized carbons (Fsp3) is 0.625. The molecule has 0 aliphatic rings. The number of hydrogen-bond donors (Lipinski definition) is 0. The molecule has 0 heterocycles. The van der Waals surface area contributed by atoms with Gasteiger partial charge in [-0.3, -0.25) is 0 Å². The summed E-state index contributed by atoms with van der Waals surface area (Å²) in [6.45, 7) is 11.2. The molecule has 2 unspecified atom stereocenters. The van der Waals surface area contributed by atoms with Crippen LogP contribution in [-0.4, -0.2) is 9.65 Å². The van der Waals surface area contributed by atoms with Gasteiger partial charge in [-0.2, -0.15) is 0 Å². The zero-order valence-electron chi connectivity index (χ0n) is 12.1. The maximum atomic E-state index is 3.67. The monoisotopic (exact) mass is 374 g/mol. The van der Waals surface area contributed by atoms with Crippen molar-refractivity contribution >= 4 is 31.9 Å². The van der Waals surface area contributed by atoms with E-state index >= 15 is 0 Å². The van der Waals surface area contributed by atoms with E-state index in [1.54, 1.807) is 0 Å². The third kappa shape index (κ3) is 5.05. The number of hydrogen-bond acceptors (Lipinski definition) is 0. The molecule has 1 aromatic carbocycles. The van der Waals surface area contributed by atoms with Gasteiger partial charge >= 0.3 is 0 Å². The standard InChI is InChI=1S/C16H24Br2/c1-11(17)8-13-6-7-15(16(3,4)5)10-14(13)9-12(2)18/h6-7,10-12H,8-9H2,1-5H3. The highest BCUT2D eigenvalue weighted by atomic mass is 79.9. The second-order valence-electron chi connectivity index (χ2n) is 6.20. The average molecular weight is 376 g/mol. The van der Waals surface area contributed by atoms with E-state index < -0.39 is 0 Å². The van der Waals surface area contributed by atoms with Gasteiger partial charge in [0.15, 0.2) is 0 Å². The second kappa shape index (κ2) is 6.56. The predicted octanol–water partition coefficient (Wildman–Crippen LogP) is 5.64. The first-order valence-electron chi connectivity index (χ1n) is 6.60. The molecule has 0 spiro atoms.